The van der Waals surface area contributed by atoms with Crippen LogP contribution in [0.1, 0.15) is 11.3 Å². The first kappa shape index (κ1) is 13.4. The monoisotopic (exact) mass is 280 g/mol. The molecule has 21 heavy (non-hydrogen) atoms. The van der Waals surface area contributed by atoms with Gasteiger partial charge in [0.05, 0.1) is 6.42 Å². The van der Waals surface area contributed by atoms with Crippen LogP contribution in [0.5, 0.6) is 0 Å². The number of hydrogen-bond donors (Lipinski definition) is 1. The third kappa shape index (κ3) is 2.94. The Kier molecular flexibility index (Phi) is 3.69. The minimum Gasteiger partial charge on any atom is -0.481 e. The average Bonchev–Trinajstić information content (AvgIpc) is 2.84. The van der Waals surface area contributed by atoms with Crippen molar-refractivity contribution in [2.24, 2.45) is 0 Å². The van der Waals surface area contributed by atoms with Gasteiger partial charge in [-0.2, -0.15) is 0 Å². The van der Waals surface area contributed by atoms with E-state index in [2.05, 4.69) is 9.55 Å². The van der Waals surface area contributed by atoms with Crippen LogP contribution >= 0.6 is 0 Å². The van der Waals surface area contributed by atoms with E-state index in [-0.39, 0.29) is 6.42 Å². The topological polar surface area (TPSA) is 55.1 Å². The molecule has 0 amide bonds. The molecule has 0 saturated heterocycles. The fourth-order valence-electron chi connectivity index (χ4n) is 2.59. The van der Waals surface area contributed by atoms with Crippen molar-refractivity contribution in [1.29, 1.82) is 0 Å². The molecule has 0 aliphatic rings. The zero-order chi connectivity index (χ0) is 14.7. The summed E-state index contributed by atoms with van der Waals surface area (Å²) in [7, 11) is 0. The SMILES string of the molecule is O=C(O)Cc1cn(CCc2ccccn2)c2ccccc12. The summed E-state index contributed by atoms with van der Waals surface area (Å²) in [5.74, 6) is -0.803. The van der Waals surface area contributed by atoms with Gasteiger partial charge in [-0.15, -0.1) is 0 Å². The Morgan fingerprint density at radius 1 is 1.14 bits per heavy atom. The van der Waals surface area contributed by atoms with Crippen molar-refractivity contribution in [3.63, 3.8) is 0 Å². The molecule has 0 bridgehead atoms. The van der Waals surface area contributed by atoms with E-state index in [1.807, 2.05) is 48.7 Å². The number of carboxylic acid groups (broad SMARTS) is 1. The molecule has 0 saturated carbocycles. The first-order valence-electron chi connectivity index (χ1n) is 6.92. The molecule has 0 radical (unpaired) electrons. The molecule has 1 aromatic carbocycles. The van der Waals surface area contributed by atoms with Gasteiger partial charge in [0.15, 0.2) is 0 Å². The standard InChI is InChI=1S/C17H16N2O2/c20-17(21)11-13-12-19(16-7-2-1-6-15(13)16)10-8-14-5-3-4-9-18-14/h1-7,9,12H,8,10-11H2,(H,20,21). The normalized spacial score (nSPS) is 10.9. The molecule has 0 aliphatic heterocycles. The second-order valence-electron chi connectivity index (χ2n) is 5.01. The largest absolute Gasteiger partial charge is 0.481 e. The van der Waals surface area contributed by atoms with E-state index in [1.165, 1.54) is 0 Å². The smallest absolute Gasteiger partial charge is 0.307 e. The maximum atomic E-state index is 11.0. The van der Waals surface area contributed by atoms with Crippen molar-refractivity contribution in [3.05, 3.63) is 66.1 Å². The van der Waals surface area contributed by atoms with Crippen molar-refractivity contribution in [2.45, 2.75) is 19.4 Å². The molecule has 2 heterocycles. The number of nitrogens with zero attached hydrogens (tertiary/aromatic N) is 2. The highest BCUT2D eigenvalue weighted by Gasteiger charge is 2.10. The minimum atomic E-state index is -0.803. The highest BCUT2D eigenvalue weighted by atomic mass is 16.4. The second-order valence-corrected chi connectivity index (χ2v) is 5.01. The predicted molar refractivity (Wildman–Crippen MR) is 81.2 cm³/mol. The van der Waals surface area contributed by atoms with Crippen LogP contribution in [0.3, 0.4) is 0 Å². The van der Waals surface area contributed by atoms with Crippen LogP contribution in [0.25, 0.3) is 10.9 Å². The quantitative estimate of drug-likeness (QED) is 0.781. The second kappa shape index (κ2) is 5.79. The Morgan fingerprint density at radius 3 is 2.71 bits per heavy atom. The molecule has 0 atom stereocenters. The number of pyridine rings is 1. The third-order valence-electron chi connectivity index (χ3n) is 3.55. The van der Waals surface area contributed by atoms with Crippen LogP contribution in [0, 0.1) is 0 Å². The molecular formula is C17H16N2O2. The first-order chi connectivity index (χ1) is 10.2. The summed E-state index contributed by atoms with van der Waals surface area (Å²) >= 11 is 0. The molecule has 4 heteroatoms. The summed E-state index contributed by atoms with van der Waals surface area (Å²) in [5, 5.41) is 10.0. The molecule has 106 valence electrons. The van der Waals surface area contributed by atoms with E-state index in [0.717, 1.165) is 35.1 Å². The van der Waals surface area contributed by atoms with Crippen LogP contribution in [0.2, 0.25) is 0 Å². The molecule has 1 N–H and O–H groups in total. The molecule has 3 aromatic rings. The van der Waals surface area contributed by atoms with Gasteiger partial charge in [-0.25, -0.2) is 0 Å². The lowest BCUT2D eigenvalue weighted by atomic mass is 10.1. The zero-order valence-corrected chi connectivity index (χ0v) is 11.6. The Morgan fingerprint density at radius 2 is 1.95 bits per heavy atom. The molecule has 2 aromatic heterocycles. The van der Waals surface area contributed by atoms with Crippen LogP contribution in [-0.4, -0.2) is 20.6 Å². The highest BCUT2D eigenvalue weighted by Crippen LogP contribution is 2.22. The number of benzene rings is 1. The number of aryl methyl sites for hydroxylation is 2. The fourth-order valence-corrected chi connectivity index (χ4v) is 2.59. The number of carbonyl (C=O) groups is 1. The average molecular weight is 280 g/mol. The van der Waals surface area contributed by atoms with Gasteiger partial charge in [-0.3, -0.25) is 9.78 Å². The number of aromatic nitrogens is 2. The van der Waals surface area contributed by atoms with Crippen LogP contribution < -0.4 is 0 Å². The van der Waals surface area contributed by atoms with E-state index in [1.54, 1.807) is 6.20 Å². The van der Waals surface area contributed by atoms with Crippen molar-refractivity contribution in [3.8, 4) is 0 Å². The summed E-state index contributed by atoms with van der Waals surface area (Å²) < 4.78 is 2.11. The van der Waals surface area contributed by atoms with Crippen molar-refractivity contribution >= 4 is 16.9 Å². The molecule has 3 rings (SSSR count). The van der Waals surface area contributed by atoms with E-state index < -0.39 is 5.97 Å². The lowest BCUT2D eigenvalue weighted by Gasteiger charge is -2.04. The molecule has 0 aliphatic carbocycles. The molecule has 0 unspecified atom stereocenters. The maximum Gasteiger partial charge on any atom is 0.307 e. The number of hydrogen-bond acceptors (Lipinski definition) is 2. The van der Waals surface area contributed by atoms with E-state index in [4.69, 9.17) is 5.11 Å². The van der Waals surface area contributed by atoms with Gasteiger partial charge in [0.25, 0.3) is 0 Å². The summed E-state index contributed by atoms with van der Waals surface area (Å²) in [4.78, 5) is 15.3. The zero-order valence-electron chi connectivity index (χ0n) is 11.6. The van der Waals surface area contributed by atoms with Gasteiger partial charge in [0.1, 0.15) is 0 Å². The van der Waals surface area contributed by atoms with Gasteiger partial charge in [-0.1, -0.05) is 24.3 Å². The van der Waals surface area contributed by atoms with E-state index >= 15 is 0 Å². The highest BCUT2D eigenvalue weighted by molar-refractivity contribution is 5.87. The van der Waals surface area contributed by atoms with Crippen molar-refractivity contribution in [2.75, 3.05) is 0 Å². The number of rotatable bonds is 5. The van der Waals surface area contributed by atoms with E-state index in [9.17, 15) is 4.79 Å². The number of para-hydroxylation sites is 1. The van der Waals surface area contributed by atoms with Gasteiger partial charge >= 0.3 is 5.97 Å². The number of fused-ring (bicyclic) bond motifs is 1. The van der Waals surface area contributed by atoms with Gasteiger partial charge in [0.2, 0.25) is 0 Å². The molecule has 0 spiro atoms. The minimum absolute atomic E-state index is 0.0527. The fraction of sp³-hybridized carbons (Fsp3) is 0.176. The van der Waals surface area contributed by atoms with Crippen LogP contribution in [0.15, 0.2) is 54.9 Å². The van der Waals surface area contributed by atoms with Crippen molar-refractivity contribution < 1.29 is 9.90 Å². The van der Waals surface area contributed by atoms with Crippen LogP contribution in [0.4, 0.5) is 0 Å². The lowest BCUT2D eigenvalue weighted by Crippen LogP contribution is -2.02. The maximum absolute atomic E-state index is 11.0. The Balaban J connectivity index is 1.89. The Labute approximate surface area is 122 Å². The summed E-state index contributed by atoms with van der Waals surface area (Å²) in [6.45, 7) is 0.789. The molecule has 0 fully saturated rings. The number of carboxylic acids is 1. The van der Waals surface area contributed by atoms with Gasteiger partial charge in [-0.05, 0) is 23.8 Å². The number of aliphatic carboxylic acids is 1. The van der Waals surface area contributed by atoms with Crippen molar-refractivity contribution in [1.82, 2.24) is 9.55 Å². The summed E-state index contributed by atoms with van der Waals surface area (Å²) in [5.41, 5.74) is 2.97. The lowest BCUT2D eigenvalue weighted by molar-refractivity contribution is -0.136. The first-order valence-corrected chi connectivity index (χ1v) is 6.92. The Hall–Kier alpha value is -2.62. The van der Waals surface area contributed by atoms with Crippen LogP contribution in [-0.2, 0) is 24.2 Å². The van der Waals surface area contributed by atoms with Gasteiger partial charge in [0, 0.05) is 42.0 Å². The van der Waals surface area contributed by atoms with Gasteiger partial charge < -0.3 is 9.67 Å². The summed E-state index contributed by atoms with van der Waals surface area (Å²) in [6.07, 6.45) is 4.61. The Bertz CT molecular complexity index is 763. The predicted octanol–water partition coefficient (Wildman–Crippen LogP) is 2.91. The summed E-state index contributed by atoms with van der Waals surface area (Å²) in [6, 6.07) is 13.8. The van der Waals surface area contributed by atoms with E-state index in [0.29, 0.717) is 0 Å². The molecule has 4 nitrogen and oxygen atoms in total. The molecular weight excluding hydrogens is 264 g/mol. The third-order valence-corrected chi connectivity index (χ3v) is 3.55.